The standard InChI is InChI=1S/C10H9ClO/c11-8-10(12)7-6-9-4-2-1-3-5-9/h1-7H,8H2. The second-order valence-corrected chi connectivity index (χ2v) is 2.61. The van der Waals surface area contributed by atoms with Gasteiger partial charge in [-0.05, 0) is 11.6 Å². The maximum Gasteiger partial charge on any atom is 0.170 e. The van der Waals surface area contributed by atoms with Crippen LogP contribution in [0.2, 0.25) is 0 Å². The Morgan fingerprint density at radius 3 is 2.58 bits per heavy atom. The van der Waals surface area contributed by atoms with Crippen LogP contribution in [-0.4, -0.2) is 11.7 Å². The first-order chi connectivity index (χ1) is 5.83. The fraction of sp³-hybridized carbons (Fsp3) is 0.100. The Hall–Kier alpha value is -1.08. The summed E-state index contributed by atoms with van der Waals surface area (Å²) in [5.74, 6) is -0.0240. The largest absolute Gasteiger partial charge is 0.294 e. The highest BCUT2D eigenvalue weighted by molar-refractivity contribution is 6.29. The molecule has 1 aromatic rings. The van der Waals surface area contributed by atoms with Crippen molar-refractivity contribution in [3.05, 3.63) is 42.0 Å². The van der Waals surface area contributed by atoms with E-state index in [2.05, 4.69) is 0 Å². The van der Waals surface area contributed by atoms with Crippen LogP contribution in [0.25, 0.3) is 6.08 Å². The zero-order valence-corrected chi connectivity index (χ0v) is 7.29. The van der Waals surface area contributed by atoms with E-state index in [1.165, 1.54) is 6.08 Å². The molecule has 0 saturated carbocycles. The maximum absolute atomic E-state index is 10.8. The molecule has 62 valence electrons. The maximum atomic E-state index is 10.8. The third kappa shape index (κ3) is 2.89. The number of carbonyl (C=O) groups excluding carboxylic acids is 1. The molecule has 0 amide bonds. The summed E-state index contributed by atoms with van der Waals surface area (Å²) in [6.45, 7) is 0. The molecule has 0 heterocycles. The Morgan fingerprint density at radius 2 is 2.00 bits per heavy atom. The van der Waals surface area contributed by atoms with Gasteiger partial charge in [-0.3, -0.25) is 4.79 Å². The highest BCUT2D eigenvalue weighted by atomic mass is 35.5. The molecule has 0 aliphatic rings. The van der Waals surface area contributed by atoms with Gasteiger partial charge in [-0.25, -0.2) is 0 Å². The average Bonchev–Trinajstić information content (AvgIpc) is 2.16. The molecule has 0 saturated heterocycles. The number of halogens is 1. The van der Waals surface area contributed by atoms with Gasteiger partial charge in [0.25, 0.3) is 0 Å². The van der Waals surface area contributed by atoms with E-state index >= 15 is 0 Å². The van der Waals surface area contributed by atoms with E-state index in [-0.39, 0.29) is 11.7 Å². The van der Waals surface area contributed by atoms with E-state index in [1.807, 2.05) is 30.3 Å². The number of alkyl halides is 1. The number of rotatable bonds is 3. The highest BCUT2D eigenvalue weighted by Gasteiger charge is 1.90. The van der Waals surface area contributed by atoms with Crippen molar-refractivity contribution >= 4 is 23.5 Å². The van der Waals surface area contributed by atoms with Gasteiger partial charge in [0.05, 0.1) is 5.88 Å². The van der Waals surface area contributed by atoms with Crippen molar-refractivity contribution in [2.24, 2.45) is 0 Å². The zero-order chi connectivity index (χ0) is 8.81. The molecule has 0 aliphatic carbocycles. The normalized spacial score (nSPS) is 10.4. The summed E-state index contributed by atoms with van der Waals surface area (Å²) in [5, 5.41) is 0. The molecular formula is C10H9ClO. The van der Waals surface area contributed by atoms with Crippen LogP contribution in [0.4, 0.5) is 0 Å². The lowest BCUT2D eigenvalue weighted by Crippen LogP contribution is -1.91. The van der Waals surface area contributed by atoms with Crippen molar-refractivity contribution in [2.75, 3.05) is 5.88 Å². The number of benzene rings is 1. The number of hydrogen-bond acceptors (Lipinski definition) is 1. The summed E-state index contributed by atoms with van der Waals surface area (Å²) < 4.78 is 0. The van der Waals surface area contributed by atoms with E-state index in [1.54, 1.807) is 6.08 Å². The zero-order valence-electron chi connectivity index (χ0n) is 6.53. The first kappa shape index (κ1) is 9.01. The van der Waals surface area contributed by atoms with Crippen molar-refractivity contribution in [1.82, 2.24) is 0 Å². The van der Waals surface area contributed by atoms with Crippen LogP contribution in [0.1, 0.15) is 5.56 Å². The van der Waals surface area contributed by atoms with Crippen molar-refractivity contribution in [3.63, 3.8) is 0 Å². The quantitative estimate of drug-likeness (QED) is 0.516. The van der Waals surface area contributed by atoms with Crippen molar-refractivity contribution in [2.45, 2.75) is 0 Å². The molecule has 0 radical (unpaired) electrons. The van der Waals surface area contributed by atoms with E-state index < -0.39 is 0 Å². The predicted octanol–water partition coefficient (Wildman–Crippen LogP) is 2.51. The number of hydrogen-bond donors (Lipinski definition) is 0. The molecule has 12 heavy (non-hydrogen) atoms. The van der Waals surface area contributed by atoms with Crippen LogP contribution in [0, 0.1) is 0 Å². The Morgan fingerprint density at radius 1 is 1.33 bits per heavy atom. The van der Waals surface area contributed by atoms with Crippen LogP contribution in [0.15, 0.2) is 36.4 Å². The van der Waals surface area contributed by atoms with E-state index in [9.17, 15) is 4.79 Å². The van der Waals surface area contributed by atoms with Gasteiger partial charge in [0, 0.05) is 0 Å². The second kappa shape index (κ2) is 4.73. The third-order valence-corrected chi connectivity index (χ3v) is 1.66. The minimum absolute atomic E-state index is 0.0450. The van der Waals surface area contributed by atoms with Gasteiger partial charge in [0.15, 0.2) is 5.78 Å². The van der Waals surface area contributed by atoms with E-state index in [4.69, 9.17) is 11.6 Å². The fourth-order valence-electron chi connectivity index (χ4n) is 0.798. The van der Waals surface area contributed by atoms with Crippen molar-refractivity contribution < 1.29 is 4.79 Å². The minimum Gasteiger partial charge on any atom is -0.294 e. The molecule has 0 aromatic heterocycles. The smallest absolute Gasteiger partial charge is 0.170 e. The Kier molecular flexibility index (Phi) is 3.55. The minimum atomic E-state index is -0.0690. The lowest BCUT2D eigenvalue weighted by Gasteiger charge is -1.89. The Labute approximate surface area is 76.7 Å². The molecule has 0 aliphatic heterocycles. The summed E-state index contributed by atoms with van der Waals surface area (Å²) in [5.41, 5.74) is 1.01. The molecule has 0 fully saturated rings. The third-order valence-electron chi connectivity index (χ3n) is 1.39. The molecule has 1 rings (SSSR count). The molecule has 0 atom stereocenters. The number of ketones is 1. The van der Waals surface area contributed by atoms with Crippen molar-refractivity contribution in [1.29, 1.82) is 0 Å². The Balaban J connectivity index is 2.64. The molecule has 0 unspecified atom stereocenters. The number of carbonyl (C=O) groups is 1. The molecule has 0 bridgehead atoms. The first-order valence-electron chi connectivity index (χ1n) is 3.65. The van der Waals surface area contributed by atoms with Crippen molar-refractivity contribution in [3.8, 4) is 0 Å². The monoisotopic (exact) mass is 180 g/mol. The Bertz CT molecular complexity index is 277. The number of allylic oxidation sites excluding steroid dienone is 1. The van der Waals surface area contributed by atoms with Gasteiger partial charge in [0.1, 0.15) is 0 Å². The summed E-state index contributed by atoms with van der Waals surface area (Å²) in [6.07, 6.45) is 3.24. The van der Waals surface area contributed by atoms with Crippen LogP contribution < -0.4 is 0 Å². The highest BCUT2D eigenvalue weighted by Crippen LogP contribution is 2.00. The van der Waals surface area contributed by atoms with Crippen LogP contribution in [-0.2, 0) is 4.79 Å². The summed E-state index contributed by atoms with van der Waals surface area (Å²) >= 11 is 5.32. The van der Waals surface area contributed by atoms with Gasteiger partial charge in [-0.15, -0.1) is 11.6 Å². The van der Waals surface area contributed by atoms with Crippen LogP contribution >= 0.6 is 11.6 Å². The lowest BCUT2D eigenvalue weighted by atomic mass is 10.2. The van der Waals surface area contributed by atoms with Crippen LogP contribution in [0.3, 0.4) is 0 Å². The topological polar surface area (TPSA) is 17.1 Å². The second-order valence-electron chi connectivity index (χ2n) is 2.34. The molecule has 1 nitrogen and oxygen atoms in total. The molecular weight excluding hydrogens is 172 g/mol. The fourth-order valence-corrected chi connectivity index (χ4v) is 0.887. The lowest BCUT2D eigenvalue weighted by molar-refractivity contribution is -0.112. The van der Waals surface area contributed by atoms with Gasteiger partial charge in [0.2, 0.25) is 0 Å². The summed E-state index contributed by atoms with van der Waals surface area (Å²) in [7, 11) is 0. The molecule has 0 N–H and O–H groups in total. The summed E-state index contributed by atoms with van der Waals surface area (Å²) in [6, 6.07) is 9.63. The molecule has 1 aromatic carbocycles. The predicted molar refractivity (Wildman–Crippen MR) is 51.2 cm³/mol. The molecule has 2 heteroatoms. The SMILES string of the molecule is O=C(C=Cc1ccccc1)CCl. The van der Waals surface area contributed by atoms with Gasteiger partial charge in [-0.1, -0.05) is 36.4 Å². The molecule has 0 spiro atoms. The average molecular weight is 181 g/mol. The first-order valence-corrected chi connectivity index (χ1v) is 4.18. The van der Waals surface area contributed by atoms with Gasteiger partial charge in [-0.2, -0.15) is 0 Å². The van der Waals surface area contributed by atoms with E-state index in [0.717, 1.165) is 5.56 Å². The van der Waals surface area contributed by atoms with Gasteiger partial charge >= 0.3 is 0 Å². The van der Waals surface area contributed by atoms with Gasteiger partial charge < -0.3 is 0 Å². The summed E-state index contributed by atoms with van der Waals surface area (Å²) in [4.78, 5) is 10.8. The van der Waals surface area contributed by atoms with E-state index in [0.29, 0.717) is 0 Å². The van der Waals surface area contributed by atoms with Crippen LogP contribution in [0.5, 0.6) is 0 Å².